The number of fused-ring (bicyclic) bond motifs is 1. The van der Waals surface area contributed by atoms with Crippen LogP contribution in [0.5, 0.6) is 0 Å². The second-order valence-corrected chi connectivity index (χ2v) is 5.54. The molecule has 1 aromatic heterocycles. The molecule has 2 aromatic rings. The maximum absolute atomic E-state index is 4.50. The van der Waals surface area contributed by atoms with Crippen molar-refractivity contribution < 1.29 is 0 Å². The number of rotatable bonds is 4. The summed E-state index contributed by atoms with van der Waals surface area (Å²) in [6, 6.07) is 6.87. The van der Waals surface area contributed by atoms with E-state index >= 15 is 0 Å². The molecule has 16 heavy (non-hydrogen) atoms. The van der Waals surface area contributed by atoms with E-state index in [2.05, 4.69) is 38.4 Å². The van der Waals surface area contributed by atoms with Crippen LogP contribution in [-0.2, 0) is 0 Å². The monoisotopic (exact) mass is 281 g/mol. The third kappa shape index (κ3) is 1.87. The molecule has 1 heterocycles. The van der Waals surface area contributed by atoms with Crippen molar-refractivity contribution in [2.75, 3.05) is 5.32 Å². The molecular formula is C12H15N3Se. The summed E-state index contributed by atoms with van der Waals surface area (Å²) in [6.07, 6.45) is 3.95. The van der Waals surface area contributed by atoms with Gasteiger partial charge in [0, 0.05) is 0 Å². The summed E-state index contributed by atoms with van der Waals surface area (Å²) in [4.78, 5) is 0. The number of nitrogens with one attached hydrogen (secondary N) is 1. The second kappa shape index (κ2) is 4.19. The molecule has 1 aromatic carbocycles. The Morgan fingerprint density at radius 3 is 3.06 bits per heavy atom. The second-order valence-electron chi connectivity index (χ2n) is 4.43. The van der Waals surface area contributed by atoms with Crippen LogP contribution < -0.4 is 5.32 Å². The van der Waals surface area contributed by atoms with Crippen LogP contribution >= 0.6 is 0 Å². The van der Waals surface area contributed by atoms with Crippen molar-refractivity contribution in [1.82, 2.24) is 7.96 Å². The van der Waals surface area contributed by atoms with E-state index in [4.69, 9.17) is 0 Å². The van der Waals surface area contributed by atoms with Crippen LogP contribution in [0.25, 0.3) is 11.0 Å². The van der Waals surface area contributed by atoms with Gasteiger partial charge in [0.25, 0.3) is 0 Å². The summed E-state index contributed by atoms with van der Waals surface area (Å²) in [5, 5.41) is 3.65. The summed E-state index contributed by atoms with van der Waals surface area (Å²) in [7, 11) is 0. The molecule has 3 rings (SSSR count). The summed E-state index contributed by atoms with van der Waals surface area (Å²) in [5.74, 6) is 0.879. The Hall–Kier alpha value is -0.861. The van der Waals surface area contributed by atoms with Crippen LogP contribution in [0.15, 0.2) is 18.2 Å². The van der Waals surface area contributed by atoms with Gasteiger partial charge in [0.15, 0.2) is 0 Å². The molecule has 1 fully saturated rings. The first kappa shape index (κ1) is 10.3. The third-order valence-electron chi connectivity index (χ3n) is 3.26. The van der Waals surface area contributed by atoms with Gasteiger partial charge >= 0.3 is 101 Å². The Balaban J connectivity index is 1.89. The molecule has 1 atom stereocenters. The number of anilines is 1. The fourth-order valence-electron chi connectivity index (χ4n) is 2.17. The van der Waals surface area contributed by atoms with Crippen LogP contribution in [0, 0.1) is 5.92 Å². The van der Waals surface area contributed by atoms with E-state index in [1.54, 1.807) is 0 Å². The van der Waals surface area contributed by atoms with Gasteiger partial charge in [-0.1, -0.05) is 0 Å². The minimum atomic E-state index is 0.0708. The number of aromatic nitrogens is 2. The molecule has 1 saturated carbocycles. The average molecular weight is 280 g/mol. The van der Waals surface area contributed by atoms with Crippen molar-refractivity contribution in [3.63, 3.8) is 0 Å². The number of hydrogen-bond acceptors (Lipinski definition) is 3. The van der Waals surface area contributed by atoms with Crippen LogP contribution in [-0.4, -0.2) is 29.0 Å². The van der Waals surface area contributed by atoms with Gasteiger partial charge in [-0.15, -0.1) is 0 Å². The molecule has 3 nitrogen and oxygen atoms in total. The van der Waals surface area contributed by atoms with Gasteiger partial charge < -0.3 is 0 Å². The van der Waals surface area contributed by atoms with Gasteiger partial charge in [-0.3, -0.25) is 0 Å². The normalized spacial score (nSPS) is 17.6. The molecule has 0 bridgehead atoms. The Morgan fingerprint density at radius 1 is 1.44 bits per heavy atom. The topological polar surface area (TPSA) is 37.8 Å². The molecule has 84 valence electrons. The van der Waals surface area contributed by atoms with Crippen LogP contribution in [0.1, 0.15) is 26.2 Å². The molecule has 1 N–H and O–H groups in total. The minimum absolute atomic E-state index is 0.0708. The van der Waals surface area contributed by atoms with Gasteiger partial charge in [0.05, 0.1) is 0 Å². The van der Waals surface area contributed by atoms with Crippen molar-refractivity contribution in [3.05, 3.63) is 18.2 Å². The van der Waals surface area contributed by atoms with Gasteiger partial charge in [-0.2, -0.15) is 0 Å². The Labute approximate surface area is 101 Å². The zero-order valence-corrected chi connectivity index (χ0v) is 11.0. The maximum atomic E-state index is 4.50. The predicted molar refractivity (Wildman–Crippen MR) is 66.9 cm³/mol. The first-order chi connectivity index (χ1) is 7.88. The molecule has 1 unspecified atom stereocenters. The predicted octanol–water partition coefficient (Wildman–Crippen LogP) is 2.29. The van der Waals surface area contributed by atoms with Crippen molar-refractivity contribution in [2.24, 2.45) is 5.92 Å². The van der Waals surface area contributed by atoms with Gasteiger partial charge in [-0.05, 0) is 0 Å². The fourth-order valence-corrected chi connectivity index (χ4v) is 3.33. The quantitative estimate of drug-likeness (QED) is 0.873. The van der Waals surface area contributed by atoms with E-state index < -0.39 is 0 Å². The van der Waals surface area contributed by atoms with E-state index in [1.165, 1.54) is 24.9 Å². The molecule has 4 heteroatoms. The van der Waals surface area contributed by atoms with E-state index in [-0.39, 0.29) is 15.0 Å². The average Bonchev–Trinajstić information content (AvgIpc) is 3.03. The summed E-state index contributed by atoms with van der Waals surface area (Å²) >= 11 is 0.0708. The van der Waals surface area contributed by atoms with Crippen LogP contribution in [0.4, 0.5) is 5.69 Å². The third-order valence-corrected chi connectivity index (χ3v) is 4.40. The fraction of sp³-hybridized carbons (Fsp3) is 0.500. The molecule has 0 spiro atoms. The number of nitrogens with zero attached hydrogens (tertiary/aromatic N) is 2. The summed E-state index contributed by atoms with van der Waals surface area (Å²) < 4.78 is 8.91. The molecular weight excluding hydrogens is 265 g/mol. The first-order valence-corrected chi connectivity index (χ1v) is 7.39. The molecule has 0 radical (unpaired) electrons. The Kier molecular flexibility index (Phi) is 2.70. The van der Waals surface area contributed by atoms with Crippen molar-refractivity contribution >= 4 is 31.7 Å². The molecule has 0 amide bonds. The zero-order chi connectivity index (χ0) is 11.0. The van der Waals surface area contributed by atoms with E-state index in [0.29, 0.717) is 6.04 Å². The summed E-state index contributed by atoms with van der Waals surface area (Å²) in [6.45, 7) is 2.25. The SMILES string of the molecule is CCC(Nc1cccc2n[se]nc12)C1CC1. The van der Waals surface area contributed by atoms with Crippen LogP contribution in [0.3, 0.4) is 0 Å². The van der Waals surface area contributed by atoms with Crippen LogP contribution in [0.2, 0.25) is 0 Å². The molecule has 0 saturated heterocycles. The van der Waals surface area contributed by atoms with Crippen molar-refractivity contribution in [1.29, 1.82) is 0 Å². The van der Waals surface area contributed by atoms with Gasteiger partial charge in [-0.25, -0.2) is 0 Å². The zero-order valence-electron chi connectivity index (χ0n) is 9.31. The summed E-state index contributed by atoms with van der Waals surface area (Å²) in [5.41, 5.74) is 3.33. The molecule has 0 aliphatic heterocycles. The molecule has 1 aliphatic rings. The van der Waals surface area contributed by atoms with Gasteiger partial charge in [0.1, 0.15) is 0 Å². The first-order valence-electron chi connectivity index (χ1n) is 5.86. The standard InChI is InChI=1S/C12H15N3Se/c1-2-9(8-6-7-8)13-10-4-3-5-11-12(10)15-16-14-11/h3-5,8-9,13H,2,6-7H2,1H3. The van der Waals surface area contributed by atoms with Crippen molar-refractivity contribution in [3.8, 4) is 0 Å². The Bertz CT molecular complexity index is 490. The Morgan fingerprint density at radius 2 is 2.31 bits per heavy atom. The molecule has 1 aliphatic carbocycles. The van der Waals surface area contributed by atoms with E-state index in [1.807, 2.05) is 0 Å². The van der Waals surface area contributed by atoms with Gasteiger partial charge in [0.2, 0.25) is 0 Å². The number of benzene rings is 1. The van der Waals surface area contributed by atoms with E-state index in [0.717, 1.165) is 17.0 Å². The van der Waals surface area contributed by atoms with E-state index in [9.17, 15) is 0 Å². The van der Waals surface area contributed by atoms with Crippen molar-refractivity contribution in [2.45, 2.75) is 32.2 Å². The number of hydrogen-bond donors (Lipinski definition) is 1.